The number of rotatable bonds is 6. The molecule has 0 saturated heterocycles. The van der Waals surface area contributed by atoms with Gasteiger partial charge in [0, 0.05) is 12.5 Å². The first-order valence-corrected chi connectivity index (χ1v) is 4.72. The van der Waals surface area contributed by atoms with Crippen LogP contribution >= 0.6 is 0 Å². The van der Waals surface area contributed by atoms with Gasteiger partial charge in [-0.25, -0.2) is 4.79 Å². The minimum Gasteiger partial charge on any atom is -0.502 e. The van der Waals surface area contributed by atoms with E-state index in [9.17, 15) is 9.59 Å². The summed E-state index contributed by atoms with van der Waals surface area (Å²) in [5.74, 6) is -1.72. The fourth-order valence-corrected chi connectivity index (χ4v) is 0.840. The summed E-state index contributed by atoms with van der Waals surface area (Å²) in [6, 6.07) is 0. The van der Waals surface area contributed by atoms with Crippen LogP contribution in [-0.4, -0.2) is 23.5 Å². The van der Waals surface area contributed by atoms with E-state index < -0.39 is 11.7 Å². The van der Waals surface area contributed by atoms with Gasteiger partial charge in [-0.1, -0.05) is 13.3 Å². The molecule has 0 aliphatic carbocycles. The van der Waals surface area contributed by atoms with Crippen LogP contribution < -0.4 is 0 Å². The van der Waals surface area contributed by atoms with Crippen LogP contribution in [0.2, 0.25) is 0 Å². The van der Waals surface area contributed by atoms with Crippen molar-refractivity contribution >= 4 is 11.8 Å². The molecule has 0 aromatic rings. The highest BCUT2D eigenvalue weighted by Gasteiger charge is 2.09. The molecule has 80 valence electrons. The maximum absolute atomic E-state index is 11.1. The van der Waals surface area contributed by atoms with Crippen molar-refractivity contribution in [1.29, 1.82) is 0 Å². The first-order chi connectivity index (χ1) is 6.61. The molecule has 4 nitrogen and oxygen atoms in total. The molecule has 0 aromatic carbocycles. The van der Waals surface area contributed by atoms with Crippen LogP contribution in [0.1, 0.15) is 33.1 Å². The molecule has 0 aromatic heterocycles. The Morgan fingerprint density at radius 3 is 2.50 bits per heavy atom. The number of carbonyl (C=O) groups is 2. The Balaban J connectivity index is 4.08. The predicted molar refractivity (Wildman–Crippen MR) is 51.9 cm³/mol. The van der Waals surface area contributed by atoms with E-state index in [0.29, 0.717) is 6.42 Å². The van der Waals surface area contributed by atoms with Crippen molar-refractivity contribution in [3.63, 3.8) is 0 Å². The van der Waals surface area contributed by atoms with Crippen molar-refractivity contribution in [3.8, 4) is 0 Å². The Kier molecular flexibility index (Phi) is 6.45. The lowest BCUT2D eigenvalue weighted by Crippen LogP contribution is -2.09. The SMILES string of the molecule is CCCCC(=O)C=C(O)C(=O)OCC. The standard InChI is InChI=1S/C10H16O4/c1-3-5-6-8(11)7-9(12)10(13)14-4-2/h7,12H,3-6H2,1-2H3. The summed E-state index contributed by atoms with van der Waals surface area (Å²) < 4.78 is 4.50. The largest absolute Gasteiger partial charge is 0.502 e. The fourth-order valence-electron chi connectivity index (χ4n) is 0.840. The van der Waals surface area contributed by atoms with Crippen LogP contribution in [0.25, 0.3) is 0 Å². The van der Waals surface area contributed by atoms with Gasteiger partial charge in [0.15, 0.2) is 5.78 Å². The average molecular weight is 200 g/mol. The number of ether oxygens (including phenoxy) is 1. The zero-order valence-electron chi connectivity index (χ0n) is 8.58. The number of aliphatic hydroxyl groups excluding tert-OH is 1. The summed E-state index contributed by atoms with van der Waals surface area (Å²) in [6.07, 6.45) is 2.93. The Morgan fingerprint density at radius 1 is 1.36 bits per heavy atom. The molecule has 0 radical (unpaired) electrons. The lowest BCUT2D eigenvalue weighted by Gasteiger charge is -1.99. The molecule has 4 heteroatoms. The molecular formula is C10H16O4. The number of allylic oxidation sites excluding steroid dienone is 1. The van der Waals surface area contributed by atoms with Gasteiger partial charge in [0.2, 0.25) is 5.76 Å². The van der Waals surface area contributed by atoms with Crippen LogP contribution in [0.5, 0.6) is 0 Å². The molecule has 0 rings (SSSR count). The molecule has 0 aliphatic rings. The van der Waals surface area contributed by atoms with Crippen LogP contribution in [0.3, 0.4) is 0 Å². The molecular weight excluding hydrogens is 184 g/mol. The van der Waals surface area contributed by atoms with Crippen LogP contribution in [-0.2, 0) is 14.3 Å². The van der Waals surface area contributed by atoms with Crippen LogP contribution in [0, 0.1) is 0 Å². The van der Waals surface area contributed by atoms with Gasteiger partial charge < -0.3 is 9.84 Å². The molecule has 0 spiro atoms. The van der Waals surface area contributed by atoms with Crippen molar-refractivity contribution in [3.05, 3.63) is 11.8 Å². The third-order valence-corrected chi connectivity index (χ3v) is 1.56. The second kappa shape index (κ2) is 7.12. The zero-order chi connectivity index (χ0) is 11.0. The van der Waals surface area contributed by atoms with Gasteiger partial charge in [-0.2, -0.15) is 0 Å². The lowest BCUT2D eigenvalue weighted by atomic mass is 10.2. The Hall–Kier alpha value is -1.32. The van der Waals surface area contributed by atoms with E-state index in [-0.39, 0.29) is 12.4 Å². The Labute approximate surface area is 83.6 Å². The number of unbranched alkanes of at least 4 members (excludes halogenated alkanes) is 1. The van der Waals surface area contributed by atoms with Gasteiger partial charge in [0.25, 0.3) is 0 Å². The summed E-state index contributed by atoms with van der Waals surface area (Å²) >= 11 is 0. The van der Waals surface area contributed by atoms with E-state index in [4.69, 9.17) is 5.11 Å². The van der Waals surface area contributed by atoms with Gasteiger partial charge in [-0.15, -0.1) is 0 Å². The van der Waals surface area contributed by atoms with Crippen molar-refractivity contribution < 1.29 is 19.4 Å². The van der Waals surface area contributed by atoms with Crippen molar-refractivity contribution in [2.45, 2.75) is 33.1 Å². The van der Waals surface area contributed by atoms with E-state index in [2.05, 4.69) is 4.74 Å². The Morgan fingerprint density at radius 2 is 2.00 bits per heavy atom. The number of carbonyl (C=O) groups excluding carboxylic acids is 2. The zero-order valence-corrected chi connectivity index (χ0v) is 8.58. The minimum atomic E-state index is -0.850. The Bertz CT molecular complexity index is 230. The summed E-state index contributed by atoms with van der Waals surface area (Å²) in [5, 5.41) is 9.08. The molecule has 0 atom stereocenters. The predicted octanol–water partition coefficient (Wildman–Crippen LogP) is 1.75. The first-order valence-electron chi connectivity index (χ1n) is 4.72. The van der Waals surface area contributed by atoms with Gasteiger partial charge >= 0.3 is 5.97 Å². The second-order valence-corrected chi connectivity index (χ2v) is 2.82. The van der Waals surface area contributed by atoms with Crippen LogP contribution in [0.15, 0.2) is 11.8 Å². The number of hydrogen-bond acceptors (Lipinski definition) is 4. The van der Waals surface area contributed by atoms with Gasteiger partial charge in [-0.05, 0) is 13.3 Å². The number of esters is 1. The summed E-state index contributed by atoms with van der Waals surface area (Å²) in [6.45, 7) is 3.77. The topological polar surface area (TPSA) is 63.6 Å². The molecule has 0 fully saturated rings. The maximum Gasteiger partial charge on any atom is 0.373 e. The van der Waals surface area contributed by atoms with Gasteiger partial charge in [-0.3, -0.25) is 4.79 Å². The van der Waals surface area contributed by atoms with E-state index in [1.54, 1.807) is 6.92 Å². The maximum atomic E-state index is 11.1. The van der Waals surface area contributed by atoms with Crippen LogP contribution in [0.4, 0.5) is 0 Å². The average Bonchev–Trinajstić information content (AvgIpc) is 2.15. The van der Waals surface area contributed by atoms with Gasteiger partial charge in [0.1, 0.15) is 0 Å². The number of hydrogen-bond donors (Lipinski definition) is 1. The monoisotopic (exact) mass is 200 g/mol. The lowest BCUT2D eigenvalue weighted by molar-refractivity contribution is -0.141. The molecule has 0 bridgehead atoms. The third kappa shape index (κ3) is 5.35. The summed E-state index contributed by atoms with van der Waals surface area (Å²) in [7, 11) is 0. The van der Waals surface area contributed by atoms with E-state index in [1.807, 2.05) is 6.92 Å². The highest BCUT2D eigenvalue weighted by molar-refractivity contribution is 5.97. The molecule has 1 N–H and O–H groups in total. The van der Waals surface area contributed by atoms with Crippen molar-refractivity contribution in [1.82, 2.24) is 0 Å². The number of ketones is 1. The molecule has 14 heavy (non-hydrogen) atoms. The van der Waals surface area contributed by atoms with Crippen molar-refractivity contribution in [2.75, 3.05) is 6.61 Å². The fraction of sp³-hybridized carbons (Fsp3) is 0.600. The van der Waals surface area contributed by atoms with E-state index >= 15 is 0 Å². The number of aliphatic hydroxyl groups is 1. The smallest absolute Gasteiger partial charge is 0.373 e. The normalized spacial score (nSPS) is 11.1. The molecule has 0 aliphatic heterocycles. The van der Waals surface area contributed by atoms with Gasteiger partial charge in [0.05, 0.1) is 6.61 Å². The molecule has 0 heterocycles. The summed E-state index contributed by atoms with van der Waals surface area (Å²) in [4.78, 5) is 21.9. The van der Waals surface area contributed by atoms with Crippen molar-refractivity contribution in [2.24, 2.45) is 0 Å². The van der Waals surface area contributed by atoms with E-state index in [0.717, 1.165) is 18.9 Å². The second-order valence-electron chi connectivity index (χ2n) is 2.82. The molecule has 0 saturated carbocycles. The van der Waals surface area contributed by atoms with E-state index in [1.165, 1.54) is 0 Å². The molecule has 0 unspecified atom stereocenters. The first kappa shape index (κ1) is 12.7. The highest BCUT2D eigenvalue weighted by atomic mass is 16.5. The summed E-state index contributed by atoms with van der Waals surface area (Å²) in [5.41, 5.74) is 0. The third-order valence-electron chi connectivity index (χ3n) is 1.56. The quantitative estimate of drug-likeness (QED) is 0.403. The minimum absolute atomic E-state index is 0.180. The molecule has 0 amide bonds. The highest BCUT2D eigenvalue weighted by Crippen LogP contribution is 2.00.